The predicted octanol–water partition coefficient (Wildman–Crippen LogP) is 2.89. The van der Waals surface area contributed by atoms with Crippen molar-refractivity contribution in [3.05, 3.63) is 0 Å². The van der Waals surface area contributed by atoms with Crippen LogP contribution in [0.3, 0.4) is 0 Å². The van der Waals surface area contributed by atoms with Gasteiger partial charge in [0.15, 0.2) is 0 Å². The first kappa shape index (κ1) is 14.9. The molecule has 2 heteroatoms. The van der Waals surface area contributed by atoms with E-state index in [2.05, 4.69) is 38.0 Å². The third-order valence-electron chi connectivity index (χ3n) is 2.97. The molecular weight excluding hydrogens is 184 g/mol. The van der Waals surface area contributed by atoms with Crippen molar-refractivity contribution in [2.24, 2.45) is 0 Å². The Hall–Kier alpha value is -0.0800. The lowest BCUT2D eigenvalue weighted by Gasteiger charge is -2.19. The van der Waals surface area contributed by atoms with E-state index in [1.807, 2.05) is 0 Å². The van der Waals surface area contributed by atoms with Gasteiger partial charge in [-0.2, -0.15) is 0 Å². The van der Waals surface area contributed by atoms with Crippen molar-refractivity contribution in [2.45, 2.75) is 58.9 Å². The molecule has 0 heterocycles. The summed E-state index contributed by atoms with van der Waals surface area (Å²) in [6, 6.07) is 0.731. The maximum Gasteiger partial charge on any atom is 0.00647 e. The standard InChI is InChI=1S/C13H30N2/c1-5-8-11-15(4)12-9-10-13(6-2)14-7-3/h13-14H,5-12H2,1-4H3. The topological polar surface area (TPSA) is 15.3 Å². The van der Waals surface area contributed by atoms with Crippen LogP contribution in [0.5, 0.6) is 0 Å². The second-order valence-corrected chi connectivity index (χ2v) is 4.46. The summed E-state index contributed by atoms with van der Waals surface area (Å²) in [5, 5.41) is 3.53. The molecule has 0 bridgehead atoms. The quantitative estimate of drug-likeness (QED) is 0.601. The van der Waals surface area contributed by atoms with Crippen LogP contribution in [0.2, 0.25) is 0 Å². The number of hydrogen-bond acceptors (Lipinski definition) is 2. The average molecular weight is 214 g/mol. The summed E-state index contributed by atoms with van der Waals surface area (Å²) in [6.07, 6.45) is 6.54. The molecule has 0 fully saturated rings. The average Bonchev–Trinajstić information content (AvgIpc) is 2.25. The molecule has 0 saturated heterocycles. The Labute approximate surface area is 96.4 Å². The minimum absolute atomic E-state index is 0.731. The Morgan fingerprint density at radius 3 is 2.27 bits per heavy atom. The Bertz CT molecular complexity index is 126. The van der Waals surface area contributed by atoms with Crippen LogP contribution >= 0.6 is 0 Å². The molecule has 0 aliphatic carbocycles. The number of nitrogens with one attached hydrogen (secondary N) is 1. The fourth-order valence-electron chi connectivity index (χ4n) is 1.89. The maximum atomic E-state index is 3.53. The van der Waals surface area contributed by atoms with Gasteiger partial charge in [0.2, 0.25) is 0 Å². The summed E-state index contributed by atoms with van der Waals surface area (Å²) < 4.78 is 0. The number of rotatable bonds is 10. The van der Waals surface area contributed by atoms with E-state index >= 15 is 0 Å². The maximum absolute atomic E-state index is 3.53. The predicted molar refractivity (Wildman–Crippen MR) is 69.4 cm³/mol. The molecular formula is C13H30N2. The molecule has 0 aliphatic heterocycles. The van der Waals surface area contributed by atoms with Crippen LogP contribution in [0, 0.1) is 0 Å². The fourth-order valence-corrected chi connectivity index (χ4v) is 1.89. The van der Waals surface area contributed by atoms with Crippen molar-refractivity contribution in [1.29, 1.82) is 0 Å². The first-order chi connectivity index (χ1) is 7.24. The van der Waals surface area contributed by atoms with Gasteiger partial charge in [-0.05, 0) is 52.4 Å². The van der Waals surface area contributed by atoms with Crippen LogP contribution in [0.4, 0.5) is 0 Å². The molecule has 2 nitrogen and oxygen atoms in total. The molecule has 15 heavy (non-hydrogen) atoms. The zero-order chi connectivity index (χ0) is 11.5. The molecule has 92 valence electrons. The third-order valence-corrected chi connectivity index (χ3v) is 2.97. The highest BCUT2D eigenvalue weighted by Gasteiger charge is 2.04. The summed E-state index contributed by atoms with van der Waals surface area (Å²) in [5.74, 6) is 0. The van der Waals surface area contributed by atoms with Gasteiger partial charge >= 0.3 is 0 Å². The summed E-state index contributed by atoms with van der Waals surface area (Å²) in [7, 11) is 2.24. The van der Waals surface area contributed by atoms with Crippen molar-refractivity contribution in [3.63, 3.8) is 0 Å². The van der Waals surface area contributed by atoms with Gasteiger partial charge in [-0.3, -0.25) is 0 Å². The lowest BCUT2D eigenvalue weighted by atomic mass is 10.1. The first-order valence-electron chi connectivity index (χ1n) is 6.66. The van der Waals surface area contributed by atoms with Crippen LogP contribution in [0.15, 0.2) is 0 Å². The first-order valence-corrected chi connectivity index (χ1v) is 6.66. The molecule has 0 radical (unpaired) electrons. The van der Waals surface area contributed by atoms with Crippen molar-refractivity contribution in [3.8, 4) is 0 Å². The summed E-state index contributed by atoms with van der Waals surface area (Å²) >= 11 is 0. The van der Waals surface area contributed by atoms with E-state index in [1.165, 1.54) is 45.2 Å². The van der Waals surface area contributed by atoms with E-state index in [9.17, 15) is 0 Å². The molecule has 1 N–H and O–H groups in total. The number of unbranched alkanes of at least 4 members (excludes halogenated alkanes) is 1. The molecule has 1 unspecified atom stereocenters. The van der Waals surface area contributed by atoms with Gasteiger partial charge in [0.25, 0.3) is 0 Å². The summed E-state index contributed by atoms with van der Waals surface area (Å²) in [4.78, 5) is 2.46. The zero-order valence-corrected chi connectivity index (χ0v) is 11.2. The Balaban J connectivity index is 3.41. The number of hydrogen-bond donors (Lipinski definition) is 1. The van der Waals surface area contributed by atoms with Crippen molar-refractivity contribution in [1.82, 2.24) is 10.2 Å². The Kier molecular flexibility index (Phi) is 10.4. The summed E-state index contributed by atoms with van der Waals surface area (Å²) in [5.41, 5.74) is 0. The van der Waals surface area contributed by atoms with Gasteiger partial charge in [-0.1, -0.05) is 27.2 Å². The SMILES string of the molecule is CCCCN(C)CCCC(CC)NCC. The normalized spacial score (nSPS) is 13.4. The molecule has 1 atom stereocenters. The highest BCUT2D eigenvalue weighted by atomic mass is 15.1. The molecule has 0 saturated carbocycles. The van der Waals surface area contributed by atoms with Gasteiger partial charge in [-0.25, -0.2) is 0 Å². The highest BCUT2D eigenvalue weighted by Crippen LogP contribution is 2.03. The largest absolute Gasteiger partial charge is 0.314 e. The molecule has 0 spiro atoms. The molecule has 0 aliphatic rings. The van der Waals surface area contributed by atoms with E-state index in [4.69, 9.17) is 0 Å². The molecule has 0 rings (SSSR count). The van der Waals surface area contributed by atoms with E-state index in [-0.39, 0.29) is 0 Å². The van der Waals surface area contributed by atoms with Gasteiger partial charge in [0.1, 0.15) is 0 Å². The fraction of sp³-hybridized carbons (Fsp3) is 1.00. The Morgan fingerprint density at radius 2 is 1.73 bits per heavy atom. The van der Waals surface area contributed by atoms with Gasteiger partial charge < -0.3 is 10.2 Å². The molecule has 0 aromatic heterocycles. The second-order valence-electron chi connectivity index (χ2n) is 4.46. The minimum Gasteiger partial charge on any atom is -0.314 e. The lowest BCUT2D eigenvalue weighted by molar-refractivity contribution is 0.309. The molecule has 0 aromatic rings. The van der Waals surface area contributed by atoms with E-state index in [0.717, 1.165) is 12.6 Å². The van der Waals surface area contributed by atoms with Gasteiger partial charge in [0, 0.05) is 6.04 Å². The van der Waals surface area contributed by atoms with E-state index in [1.54, 1.807) is 0 Å². The lowest BCUT2D eigenvalue weighted by Crippen LogP contribution is -2.29. The Morgan fingerprint density at radius 1 is 1.07 bits per heavy atom. The van der Waals surface area contributed by atoms with Crippen molar-refractivity contribution >= 4 is 0 Å². The summed E-state index contributed by atoms with van der Waals surface area (Å²) in [6.45, 7) is 10.3. The van der Waals surface area contributed by atoms with Crippen LogP contribution in [-0.2, 0) is 0 Å². The molecule has 0 aromatic carbocycles. The van der Waals surface area contributed by atoms with Gasteiger partial charge in [0.05, 0.1) is 0 Å². The zero-order valence-electron chi connectivity index (χ0n) is 11.2. The van der Waals surface area contributed by atoms with E-state index < -0.39 is 0 Å². The van der Waals surface area contributed by atoms with Crippen LogP contribution < -0.4 is 5.32 Å². The monoisotopic (exact) mass is 214 g/mol. The van der Waals surface area contributed by atoms with Crippen LogP contribution in [-0.4, -0.2) is 37.6 Å². The van der Waals surface area contributed by atoms with Crippen LogP contribution in [0.25, 0.3) is 0 Å². The minimum atomic E-state index is 0.731. The third kappa shape index (κ3) is 8.88. The van der Waals surface area contributed by atoms with Gasteiger partial charge in [-0.15, -0.1) is 0 Å². The molecule has 0 amide bonds. The number of nitrogens with zero attached hydrogens (tertiary/aromatic N) is 1. The smallest absolute Gasteiger partial charge is 0.00647 e. The van der Waals surface area contributed by atoms with Crippen LogP contribution in [0.1, 0.15) is 52.9 Å². The van der Waals surface area contributed by atoms with Crippen molar-refractivity contribution < 1.29 is 0 Å². The van der Waals surface area contributed by atoms with Crippen molar-refractivity contribution in [2.75, 3.05) is 26.7 Å². The van der Waals surface area contributed by atoms with E-state index in [0.29, 0.717) is 0 Å². The highest BCUT2D eigenvalue weighted by molar-refractivity contribution is 4.64. The second kappa shape index (κ2) is 10.4.